The van der Waals surface area contributed by atoms with Gasteiger partial charge in [-0.3, -0.25) is 4.79 Å². The van der Waals surface area contributed by atoms with E-state index in [-0.39, 0.29) is 36.0 Å². The lowest BCUT2D eigenvalue weighted by molar-refractivity contribution is -0.120. The highest BCUT2D eigenvalue weighted by Crippen LogP contribution is 2.24. The lowest BCUT2D eigenvalue weighted by Gasteiger charge is -2.11. The summed E-state index contributed by atoms with van der Waals surface area (Å²) in [7, 11) is 0. The molecule has 0 bridgehead atoms. The summed E-state index contributed by atoms with van der Waals surface area (Å²) in [6.07, 6.45) is 0.265. The van der Waals surface area contributed by atoms with E-state index in [1.54, 1.807) is 13.8 Å². The van der Waals surface area contributed by atoms with Crippen molar-refractivity contribution in [3.05, 3.63) is 29.3 Å². The molecule has 0 radical (unpaired) electrons. The molecular formula is C13H16F2N2O2. The number of nitrogens with one attached hydrogen (secondary N) is 1. The molecule has 0 saturated carbocycles. The van der Waals surface area contributed by atoms with E-state index >= 15 is 0 Å². The lowest BCUT2D eigenvalue weighted by atomic mass is 10.1. The highest BCUT2D eigenvalue weighted by molar-refractivity contribution is 6.01. The molecule has 0 aliphatic carbocycles. The van der Waals surface area contributed by atoms with Crippen molar-refractivity contribution in [3.63, 3.8) is 0 Å². The predicted octanol–water partition coefficient (Wildman–Crippen LogP) is 2.61. The maximum absolute atomic E-state index is 13.8. The van der Waals surface area contributed by atoms with Crippen LogP contribution in [0.5, 0.6) is 5.75 Å². The largest absolute Gasteiger partial charge is 0.493 e. The van der Waals surface area contributed by atoms with Crippen LogP contribution in [-0.2, 0) is 4.79 Å². The number of hydrogen-bond donors (Lipinski definition) is 1. The number of carbonyl (C=O) groups excluding carboxylic acids is 1. The van der Waals surface area contributed by atoms with Crippen molar-refractivity contribution in [2.45, 2.75) is 27.2 Å². The first-order chi connectivity index (χ1) is 8.99. The fourth-order valence-electron chi connectivity index (χ4n) is 1.45. The van der Waals surface area contributed by atoms with Crippen LogP contribution in [0, 0.1) is 11.6 Å². The molecule has 1 aromatic carbocycles. The maximum Gasteiger partial charge on any atom is 0.239 e. The van der Waals surface area contributed by atoms with Crippen molar-refractivity contribution < 1.29 is 18.3 Å². The second kappa shape index (κ2) is 6.82. The summed E-state index contributed by atoms with van der Waals surface area (Å²) in [5, 5.41) is 3.77. The summed E-state index contributed by atoms with van der Waals surface area (Å²) in [5.74, 6) is -1.74. The normalized spacial score (nSPS) is 11.3. The van der Waals surface area contributed by atoms with Crippen LogP contribution in [-0.4, -0.2) is 18.2 Å². The van der Waals surface area contributed by atoms with E-state index in [2.05, 4.69) is 10.5 Å². The Hall–Kier alpha value is -1.98. The number of rotatable bonds is 5. The van der Waals surface area contributed by atoms with E-state index < -0.39 is 11.6 Å². The molecule has 4 nitrogen and oxygen atoms in total. The highest BCUT2D eigenvalue weighted by atomic mass is 19.1. The molecule has 0 aromatic heterocycles. The highest BCUT2D eigenvalue weighted by Gasteiger charge is 2.15. The maximum atomic E-state index is 13.8. The van der Waals surface area contributed by atoms with Crippen LogP contribution in [0.25, 0.3) is 0 Å². The van der Waals surface area contributed by atoms with Gasteiger partial charge in [-0.05, 0) is 13.8 Å². The van der Waals surface area contributed by atoms with E-state index in [1.165, 1.54) is 6.92 Å². The number of ether oxygens (including phenoxy) is 1. The second-order valence-electron chi connectivity index (χ2n) is 3.78. The van der Waals surface area contributed by atoms with Crippen LogP contribution in [0.15, 0.2) is 17.2 Å². The Morgan fingerprint density at radius 2 is 2.05 bits per heavy atom. The van der Waals surface area contributed by atoms with E-state index in [0.29, 0.717) is 0 Å². The van der Waals surface area contributed by atoms with Gasteiger partial charge < -0.3 is 4.74 Å². The van der Waals surface area contributed by atoms with E-state index in [9.17, 15) is 13.6 Å². The zero-order chi connectivity index (χ0) is 14.4. The Morgan fingerprint density at radius 1 is 1.37 bits per heavy atom. The van der Waals surface area contributed by atoms with Gasteiger partial charge in [-0.2, -0.15) is 5.10 Å². The van der Waals surface area contributed by atoms with Crippen LogP contribution in [0.3, 0.4) is 0 Å². The van der Waals surface area contributed by atoms with Gasteiger partial charge in [-0.1, -0.05) is 6.92 Å². The molecule has 0 heterocycles. The number of hydrazone groups is 1. The summed E-state index contributed by atoms with van der Waals surface area (Å²) < 4.78 is 32.1. The van der Waals surface area contributed by atoms with Gasteiger partial charge in [0.1, 0.15) is 17.4 Å². The minimum Gasteiger partial charge on any atom is -0.493 e. The minimum atomic E-state index is -0.782. The molecule has 6 heteroatoms. The van der Waals surface area contributed by atoms with Gasteiger partial charge in [-0.25, -0.2) is 14.2 Å². The molecule has 0 fully saturated rings. The molecule has 1 aromatic rings. The van der Waals surface area contributed by atoms with Crippen molar-refractivity contribution >= 4 is 11.6 Å². The van der Waals surface area contributed by atoms with E-state index in [1.807, 2.05) is 0 Å². The molecule has 1 N–H and O–H groups in total. The number of halogens is 2. The molecule has 19 heavy (non-hydrogen) atoms. The molecule has 0 aliphatic heterocycles. The zero-order valence-corrected chi connectivity index (χ0v) is 11.1. The fraction of sp³-hybridized carbons (Fsp3) is 0.385. The third-order valence-electron chi connectivity index (χ3n) is 2.35. The van der Waals surface area contributed by atoms with Gasteiger partial charge in [0.25, 0.3) is 0 Å². The van der Waals surface area contributed by atoms with Gasteiger partial charge in [0.15, 0.2) is 0 Å². The lowest BCUT2D eigenvalue weighted by Crippen LogP contribution is -2.18. The third-order valence-corrected chi connectivity index (χ3v) is 2.35. The number of benzene rings is 1. The Morgan fingerprint density at radius 3 is 2.63 bits per heavy atom. The van der Waals surface area contributed by atoms with Gasteiger partial charge in [0, 0.05) is 18.6 Å². The minimum absolute atomic E-state index is 0.0413. The fourth-order valence-corrected chi connectivity index (χ4v) is 1.45. The van der Waals surface area contributed by atoms with Crippen LogP contribution in [0.1, 0.15) is 32.8 Å². The molecule has 0 spiro atoms. The molecule has 1 amide bonds. The van der Waals surface area contributed by atoms with Crippen molar-refractivity contribution in [2.75, 3.05) is 6.61 Å². The molecule has 104 valence electrons. The summed E-state index contributed by atoms with van der Waals surface area (Å²) in [5.41, 5.74) is 2.53. The summed E-state index contributed by atoms with van der Waals surface area (Å²) in [4.78, 5) is 11.1. The molecule has 0 aliphatic rings. The molecule has 0 saturated heterocycles. The molecule has 0 unspecified atom stereocenters. The quantitative estimate of drug-likeness (QED) is 0.660. The Kier molecular flexibility index (Phi) is 5.41. The average molecular weight is 270 g/mol. The first-order valence-corrected chi connectivity index (χ1v) is 5.94. The zero-order valence-electron chi connectivity index (χ0n) is 11.1. The van der Waals surface area contributed by atoms with Gasteiger partial charge in [-0.15, -0.1) is 0 Å². The Balaban J connectivity index is 3.13. The smallest absolute Gasteiger partial charge is 0.239 e. The van der Waals surface area contributed by atoms with E-state index in [4.69, 9.17) is 4.74 Å². The van der Waals surface area contributed by atoms with Crippen molar-refractivity contribution in [1.82, 2.24) is 5.43 Å². The number of nitrogens with zero attached hydrogens (tertiary/aromatic N) is 1. The SMILES string of the molecule is CCOc1cc(F)cc(F)c1C(C)=NNC(=O)CC. The molecule has 1 rings (SSSR count). The summed E-state index contributed by atoms with van der Waals surface area (Å²) in [6.45, 7) is 5.15. The number of amides is 1. The summed E-state index contributed by atoms with van der Waals surface area (Å²) in [6, 6.07) is 1.83. The van der Waals surface area contributed by atoms with Gasteiger partial charge in [0.05, 0.1) is 17.9 Å². The monoisotopic (exact) mass is 270 g/mol. The number of carbonyl (C=O) groups is 1. The second-order valence-corrected chi connectivity index (χ2v) is 3.78. The van der Waals surface area contributed by atoms with Crippen molar-refractivity contribution in [1.29, 1.82) is 0 Å². The topological polar surface area (TPSA) is 50.7 Å². The standard InChI is InChI=1S/C13H16F2N2O2/c1-4-12(18)17-16-8(3)13-10(15)6-9(14)7-11(13)19-5-2/h6-7H,4-5H2,1-3H3,(H,17,18). The van der Waals surface area contributed by atoms with Crippen LogP contribution in [0.4, 0.5) is 8.78 Å². The van der Waals surface area contributed by atoms with Crippen molar-refractivity contribution in [3.8, 4) is 5.75 Å². The Bertz CT molecular complexity index is 502. The predicted molar refractivity (Wildman–Crippen MR) is 68.2 cm³/mol. The van der Waals surface area contributed by atoms with Crippen LogP contribution in [0.2, 0.25) is 0 Å². The van der Waals surface area contributed by atoms with E-state index in [0.717, 1.165) is 12.1 Å². The van der Waals surface area contributed by atoms with Gasteiger partial charge >= 0.3 is 0 Å². The first-order valence-electron chi connectivity index (χ1n) is 5.94. The number of hydrogen-bond acceptors (Lipinski definition) is 3. The third kappa shape index (κ3) is 4.01. The molecule has 0 atom stereocenters. The first kappa shape index (κ1) is 15.1. The van der Waals surface area contributed by atoms with Crippen LogP contribution < -0.4 is 10.2 Å². The van der Waals surface area contributed by atoms with Gasteiger partial charge in [0.2, 0.25) is 5.91 Å². The Labute approximate surface area is 110 Å². The molecular weight excluding hydrogens is 254 g/mol. The summed E-state index contributed by atoms with van der Waals surface area (Å²) >= 11 is 0. The van der Waals surface area contributed by atoms with Crippen molar-refractivity contribution in [2.24, 2.45) is 5.10 Å². The van der Waals surface area contributed by atoms with Crippen LogP contribution >= 0.6 is 0 Å². The average Bonchev–Trinajstić information content (AvgIpc) is 2.35.